The highest BCUT2D eigenvalue weighted by Gasteiger charge is 2.11. The Morgan fingerprint density at radius 1 is 1.15 bits per heavy atom. The molecule has 0 spiro atoms. The molecule has 0 radical (unpaired) electrons. The van der Waals surface area contributed by atoms with Crippen LogP contribution in [0.25, 0.3) is 0 Å². The van der Waals surface area contributed by atoms with Gasteiger partial charge in [0.2, 0.25) is 5.91 Å². The third-order valence-electron chi connectivity index (χ3n) is 3.43. The third kappa shape index (κ3) is 5.63. The fourth-order valence-corrected chi connectivity index (χ4v) is 2.12. The number of nitrogens with one attached hydrogen (secondary N) is 1. The fourth-order valence-electron chi connectivity index (χ4n) is 1.95. The Morgan fingerprint density at radius 3 is 2.20 bits per heavy atom. The van der Waals surface area contributed by atoms with E-state index >= 15 is 0 Å². The molecule has 0 heterocycles. The first kappa shape index (κ1) is 17.2. The fraction of sp³-hybridized carbons (Fsp3) is 0.562. The van der Waals surface area contributed by atoms with Gasteiger partial charge in [0.05, 0.1) is 4.83 Å². The highest BCUT2D eigenvalue weighted by molar-refractivity contribution is 9.10. The molecule has 112 valence electrons. The first-order valence-corrected chi connectivity index (χ1v) is 8.24. The number of hydrogen-bond donors (Lipinski definition) is 1. The lowest BCUT2D eigenvalue weighted by Crippen LogP contribution is -2.30. The summed E-state index contributed by atoms with van der Waals surface area (Å²) in [6.45, 7) is 10.1. The number of carbonyl (C=O) groups is 1. The number of nitrogens with zero attached hydrogens (tertiary/aromatic N) is 1. The van der Waals surface area contributed by atoms with Crippen LogP contribution in [0.3, 0.4) is 0 Å². The maximum atomic E-state index is 11.7. The lowest BCUT2D eigenvalue weighted by molar-refractivity contribution is -0.120. The van der Waals surface area contributed by atoms with Gasteiger partial charge in [-0.15, -0.1) is 0 Å². The molecule has 4 heteroatoms. The zero-order chi connectivity index (χ0) is 15.0. The van der Waals surface area contributed by atoms with Gasteiger partial charge in [0.25, 0.3) is 0 Å². The monoisotopic (exact) mass is 340 g/mol. The van der Waals surface area contributed by atoms with Crippen molar-refractivity contribution in [2.75, 3.05) is 13.1 Å². The van der Waals surface area contributed by atoms with Crippen molar-refractivity contribution in [3.05, 3.63) is 35.4 Å². The Morgan fingerprint density at radius 2 is 1.70 bits per heavy atom. The predicted octanol–water partition coefficient (Wildman–Crippen LogP) is 3.32. The average Bonchev–Trinajstić information content (AvgIpc) is 2.50. The molecule has 0 saturated heterocycles. The predicted molar refractivity (Wildman–Crippen MR) is 87.9 cm³/mol. The zero-order valence-electron chi connectivity index (χ0n) is 12.7. The van der Waals surface area contributed by atoms with Crippen LogP contribution >= 0.6 is 15.9 Å². The second-order valence-electron chi connectivity index (χ2n) is 4.87. The minimum absolute atomic E-state index is 0.0553. The molecule has 3 nitrogen and oxygen atoms in total. The molecule has 0 aliphatic heterocycles. The van der Waals surface area contributed by atoms with Gasteiger partial charge < -0.3 is 5.32 Å². The van der Waals surface area contributed by atoms with Crippen LogP contribution in [0.15, 0.2) is 24.3 Å². The van der Waals surface area contributed by atoms with Crippen molar-refractivity contribution in [1.82, 2.24) is 10.2 Å². The number of carbonyl (C=O) groups excluding carboxylic acids is 1. The molecule has 0 aliphatic rings. The first-order chi connectivity index (χ1) is 9.60. The van der Waals surface area contributed by atoms with Crippen LogP contribution in [-0.2, 0) is 17.9 Å². The Labute approximate surface area is 130 Å². The van der Waals surface area contributed by atoms with Crippen LogP contribution in [0.5, 0.6) is 0 Å². The maximum absolute atomic E-state index is 11.7. The SMILES string of the molecule is CCC(Br)C(=O)NCc1ccc(CN(CC)CC)cc1. The molecule has 1 aromatic carbocycles. The van der Waals surface area contributed by atoms with Crippen LogP contribution in [0.1, 0.15) is 38.3 Å². The topological polar surface area (TPSA) is 32.3 Å². The summed E-state index contributed by atoms with van der Waals surface area (Å²) >= 11 is 3.35. The molecule has 0 bridgehead atoms. The number of hydrogen-bond acceptors (Lipinski definition) is 2. The molecule has 1 N–H and O–H groups in total. The summed E-state index contributed by atoms with van der Waals surface area (Å²) in [6, 6.07) is 8.47. The van der Waals surface area contributed by atoms with Crippen molar-refractivity contribution >= 4 is 21.8 Å². The van der Waals surface area contributed by atoms with E-state index in [0.29, 0.717) is 6.54 Å². The van der Waals surface area contributed by atoms with Crippen LogP contribution in [0.4, 0.5) is 0 Å². The van der Waals surface area contributed by atoms with E-state index in [1.165, 1.54) is 5.56 Å². The molecular weight excluding hydrogens is 316 g/mol. The quantitative estimate of drug-likeness (QED) is 0.736. The van der Waals surface area contributed by atoms with E-state index in [0.717, 1.165) is 31.6 Å². The normalized spacial score (nSPS) is 12.4. The maximum Gasteiger partial charge on any atom is 0.234 e. The van der Waals surface area contributed by atoms with Crippen molar-refractivity contribution in [3.8, 4) is 0 Å². The molecule has 1 aromatic rings. The summed E-state index contributed by atoms with van der Waals surface area (Å²) in [5.41, 5.74) is 2.45. The van der Waals surface area contributed by atoms with Gasteiger partial charge in [0.1, 0.15) is 0 Å². The first-order valence-electron chi connectivity index (χ1n) is 7.32. The molecule has 0 fully saturated rings. The lowest BCUT2D eigenvalue weighted by Gasteiger charge is -2.18. The highest BCUT2D eigenvalue weighted by atomic mass is 79.9. The molecule has 0 aliphatic carbocycles. The van der Waals surface area contributed by atoms with E-state index in [2.05, 4.69) is 64.3 Å². The zero-order valence-corrected chi connectivity index (χ0v) is 14.2. The third-order valence-corrected chi connectivity index (χ3v) is 4.50. The summed E-state index contributed by atoms with van der Waals surface area (Å²) in [6.07, 6.45) is 0.800. The van der Waals surface area contributed by atoms with Crippen molar-refractivity contribution in [3.63, 3.8) is 0 Å². The van der Waals surface area contributed by atoms with Crippen molar-refractivity contribution in [1.29, 1.82) is 0 Å². The Kier molecular flexibility index (Phi) is 7.85. The molecule has 1 unspecified atom stereocenters. The van der Waals surface area contributed by atoms with Gasteiger partial charge in [0.15, 0.2) is 0 Å². The molecule has 1 rings (SSSR count). The van der Waals surface area contributed by atoms with Gasteiger partial charge in [-0.3, -0.25) is 9.69 Å². The Balaban J connectivity index is 2.48. The average molecular weight is 341 g/mol. The molecular formula is C16H25BrN2O. The number of alkyl halides is 1. The van der Waals surface area contributed by atoms with Crippen molar-refractivity contribution in [2.24, 2.45) is 0 Å². The van der Waals surface area contributed by atoms with Crippen LogP contribution in [-0.4, -0.2) is 28.7 Å². The van der Waals surface area contributed by atoms with Gasteiger partial charge in [-0.05, 0) is 30.6 Å². The lowest BCUT2D eigenvalue weighted by atomic mass is 10.1. The van der Waals surface area contributed by atoms with E-state index in [1.807, 2.05) is 6.92 Å². The summed E-state index contributed by atoms with van der Waals surface area (Å²) < 4.78 is 0. The largest absolute Gasteiger partial charge is 0.351 e. The summed E-state index contributed by atoms with van der Waals surface area (Å²) in [4.78, 5) is 14.0. The summed E-state index contributed by atoms with van der Waals surface area (Å²) in [5.74, 6) is 0.0553. The number of rotatable bonds is 8. The summed E-state index contributed by atoms with van der Waals surface area (Å²) in [5, 5.41) is 2.94. The summed E-state index contributed by atoms with van der Waals surface area (Å²) in [7, 11) is 0. The Hall–Kier alpha value is -0.870. The second kappa shape index (κ2) is 9.14. The van der Waals surface area contributed by atoms with Gasteiger partial charge in [-0.1, -0.05) is 61.0 Å². The molecule has 1 amide bonds. The molecule has 0 saturated carbocycles. The number of benzene rings is 1. The number of amides is 1. The van der Waals surface area contributed by atoms with E-state index in [4.69, 9.17) is 0 Å². The van der Waals surface area contributed by atoms with E-state index < -0.39 is 0 Å². The van der Waals surface area contributed by atoms with E-state index in [-0.39, 0.29) is 10.7 Å². The van der Waals surface area contributed by atoms with E-state index in [9.17, 15) is 4.79 Å². The highest BCUT2D eigenvalue weighted by Crippen LogP contribution is 2.09. The standard InChI is InChI=1S/C16H25BrN2O/c1-4-15(17)16(20)18-11-13-7-9-14(10-8-13)12-19(5-2)6-3/h7-10,15H,4-6,11-12H2,1-3H3,(H,18,20). The van der Waals surface area contributed by atoms with Gasteiger partial charge >= 0.3 is 0 Å². The molecule has 1 atom stereocenters. The Bertz CT molecular complexity index is 401. The van der Waals surface area contributed by atoms with Gasteiger partial charge in [-0.25, -0.2) is 0 Å². The van der Waals surface area contributed by atoms with Crippen LogP contribution < -0.4 is 5.32 Å². The minimum Gasteiger partial charge on any atom is -0.351 e. The molecule has 0 aromatic heterocycles. The van der Waals surface area contributed by atoms with Gasteiger partial charge in [-0.2, -0.15) is 0 Å². The van der Waals surface area contributed by atoms with Crippen LogP contribution in [0, 0.1) is 0 Å². The smallest absolute Gasteiger partial charge is 0.234 e. The number of halogens is 1. The van der Waals surface area contributed by atoms with Crippen molar-refractivity contribution < 1.29 is 4.79 Å². The second-order valence-corrected chi connectivity index (χ2v) is 5.98. The van der Waals surface area contributed by atoms with E-state index in [1.54, 1.807) is 0 Å². The van der Waals surface area contributed by atoms with Crippen LogP contribution in [0.2, 0.25) is 0 Å². The molecule has 20 heavy (non-hydrogen) atoms. The van der Waals surface area contributed by atoms with Gasteiger partial charge in [0, 0.05) is 13.1 Å². The van der Waals surface area contributed by atoms with Crippen molar-refractivity contribution in [2.45, 2.75) is 45.1 Å². The minimum atomic E-state index is -0.0931.